The lowest BCUT2D eigenvalue weighted by Crippen LogP contribution is -2.48. The van der Waals surface area contributed by atoms with Gasteiger partial charge in [0.2, 0.25) is 5.91 Å². The van der Waals surface area contributed by atoms with Crippen molar-refractivity contribution in [3.05, 3.63) is 29.1 Å². The predicted octanol–water partition coefficient (Wildman–Crippen LogP) is 5.39. The molecule has 196 valence electrons. The number of nitrogens with zero attached hydrogens (tertiary/aromatic N) is 2. The van der Waals surface area contributed by atoms with Crippen LogP contribution in [0.5, 0.6) is 5.75 Å². The van der Waals surface area contributed by atoms with Crippen molar-refractivity contribution < 1.29 is 23.5 Å². The Hall–Kier alpha value is -2.15. The molecule has 7 heteroatoms. The molecule has 0 N–H and O–H groups in total. The molecule has 0 aromatic heterocycles. The molecule has 35 heavy (non-hydrogen) atoms. The summed E-state index contributed by atoms with van der Waals surface area (Å²) in [5.74, 6) is 0.141. The van der Waals surface area contributed by atoms with E-state index in [0.717, 1.165) is 44.3 Å². The Labute approximate surface area is 210 Å². The van der Waals surface area contributed by atoms with Gasteiger partial charge in [0.05, 0.1) is 18.7 Å². The molecule has 6 nitrogen and oxygen atoms in total. The fraction of sp³-hybridized carbons (Fsp3) is 0.714. The second-order valence-corrected chi connectivity index (χ2v) is 11.7. The first kappa shape index (κ1) is 27.4. The van der Waals surface area contributed by atoms with E-state index in [1.165, 1.54) is 6.07 Å². The number of rotatable bonds is 9. The molecule has 1 saturated heterocycles. The van der Waals surface area contributed by atoms with Crippen LogP contribution in [0.2, 0.25) is 0 Å². The first-order valence-corrected chi connectivity index (χ1v) is 13.1. The molecular weight excluding hydrogens is 447 g/mol. The van der Waals surface area contributed by atoms with Crippen LogP contribution in [0.25, 0.3) is 0 Å². The third kappa shape index (κ3) is 7.66. The Morgan fingerprint density at radius 3 is 2.17 bits per heavy atom. The van der Waals surface area contributed by atoms with Crippen LogP contribution in [-0.4, -0.2) is 65.6 Å². The average Bonchev–Trinajstić information content (AvgIpc) is 3.56. The number of likely N-dealkylation sites (tertiary alicyclic amines) is 1. The SMILES string of the molecule is CC(C)N(C(=O)CN1CCC(COc2cc(F)c(C(=O)OC(C)(C)C)cc2C2CC2)CC1)C(C)C. The molecule has 1 aromatic rings. The minimum absolute atomic E-state index is 0.0241. The summed E-state index contributed by atoms with van der Waals surface area (Å²) in [6.45, 7) is 16.2. The number of halogens is 1. The zero-order chi connectivity index (χ0) is 25.9. The van der Waals surface area contributed by atoms with E-state index in [0.29, 0.717) is 30.7 Å². The summed E-state index contributed by atoms with van der Waals surface area (Å²) in [4.78, 5) is 29.4. The van der Waals surface area contributed by atoms with E-state index in [4.69, 9.17) is 9.47 Å². The van der Waals surface area contributed by atoms with Crippen molar-refractivity contribution in [2.24, 2.45) is 5.92 Å². The van der Waals surface area contributed by atoms with Crippen LogP contribution in [0.1, 0.15) is 96.0 Å². The number of ether oxygens (including phenoxy) is 2. The van der Waals surface area contributed by atoms with Gasteiger partial charge in [-0.15, -0.1) is 0 Å². The van der Waals surface area contributed by atoms with Gasteiger partial charge in [0.1, 0.15) is 17.2 Å². The number of hydrogen-bond donors (Lipinski definition) is 0. The zero-order valence-electron chi connectivity index (χ0n) is 22.5. The highest BCUT2D eigenvalue weighted by Crippen LogP contribution is 2.45. The van der Waals surface area contributed by atoms with Gasteiger partial charge in [-0.25, -0.2) is 9.18 Å². The third-order valence-electron chi connectivity index (χ3n) is 6.68. The van der Waals surface area contributed by atoms with E-state index in [9.17, 15) is 14.0 Å². The molecule has 1 aromatic carbocycles. The van der Waals surface area contributed by atoms with Gasteiger partial charge in [-0.2, -0.15) is 0 Å². The maximum Gasteiger partial charge on any atom is 0.341 e. The van der Waals surface area contributed by atoms with Gasteiger partial charge in [-0.05, 0) is 111 Å². The standard InChI is InChI=1S/C28H43FN2O4/c1-18(2)31(19(3)4)26(32)16-30-12-10-20(11-13-30)17-34-25-15-24(29)23(14-22(25)21-8-9-21)27(33)35-28(5,6)7/h14-15,18-21H,8-13,16-17H2,1-7H3. The molecule has 3 rings (SSSR count). The molecule has 1 amide bonds. The van der Waals surface area contributed by atoms with Crippen LogP contribution >= 0.6 is 0 Å². The Bertz CT molecular complexity index is 889. The molecule has 1 heterocycles. The number of esters is 1. The van der Waals surface area contributed by atoms with Gasteiger partial charge in [0, 0.05) is 18.2 Å². The summed E-state index contributed by atoms with van der Waals surface area (Å²) in [7, 11) is 0. The number of piperidine rings is 1. The van der Waals surface area contributed by atoms with Gasteiger partial charge in [0.25, 0.3) is 0 Å². The minimum Gasteiger partial charge on any atom is -0.493 e. The van der Waals surface area contributed by atoms with Crippen LogP contribution in [0.15, 0.2) is 12.1 Å². The lowest BCUT2D eigenvalue weighted by Gasteiger charge is -2.36. The predicted molar refractivity (Wildman–Crippen MR) is 135 cm³/mol. The largest absolute Gasteiger partial charge is 0.493 e. The monoisotopic (exact) mass is 490 g/mol. The second kappa shape index (κ2) is 11.3. The summed E-state index contributed by atoms with van der Waals surface area (Å²) < 4.78 is 26.3. The van der Waals surface area contributed by atoms with E-state index in [-0.39, 0.29) is 23.6 Å². The summed E-state index contributed by atoms with van der Waals surface area (Å²) in [5.41, 5.74) is 0.196. The lowest BCUT2D eigenvalue weighted by atomic mass is 9.97. The number of hydrogen-bond acceptors (Lipinski definition) is 5. The molecule has 0 unspecified atom stereocenters. The highest BCUT2D eigenvalue weighted by atomic mass is 19.1. The molecule has 2 fully saturated rings. The third-order valence-corrected chi connectivity index (χ3v) is 6.68. The molecule has 1 aliphatic carbocycles. The van der Waals surface area contributed by atoms with Gasteiger partial charge in [-0.1, -0.05) is 0 Å². The van der Waals surface area contributed by atoms with Crippen LogP contribution in [0.3, 0.4) is 0 Å². The van der Waals surface area contributed by atoms with E-state index in [2.05, 4.69) is 32.6 Å². The Morgan fingerprint density at radius 2 is 1.66 bits per heavy atom. The normalized spacial score (nSPS) is 17.7. The molecular formula is C28H43FN2O4. The minimum atomic E-state index is -0.681. The highest BCUT2D eigenvalue weighted by Gasteiger charge is 2.31. The highest BCUT2D eigenvalue weighted by molar-refractivity contribution is 5.90. The lowest BCUT2D eigenvalue weighted by molar-refractivity contribution is -0.136. The average molecular weight is 491 g/mol. The van der Waals surface area contributed by atoms with Crippen molar-refractivity contribution >= 4 is 11.9 Å². The van der Waals surface area contributed by atoms with Gasteiger partial charge in [0.15, 0.2) is 0 Å². The number of carbonyl (C=O) groups is 2. The molecule has 1 saturated carbocycles. The van der Waals surface area contributed by atoms with E-state index in [1.807, 2.05) is 4.90 Å². The fourth-order valence-electron chi connectivity index (χ4n) is 4.86. The fourth-order valence-corrected chi connectivity index (χ4v) is 4.86. The summed E-state index contributed by atoms with van der Waals surface area (Å²) in [5, 5.41) is 0. The Kier molecular flexibility index (Phi) is 8.84. The maximum atomic E-state index is 14.8. The van der Waals surface area contributed by atoms with Crippen molar-refractivity contribution in [2.45, 2.75) is 97.8 Å². The molecule has 0 spiro atoms. The number of carbonyl (C=O) groups excluding carboxylic acids is 2. The Balaban J connectivity index is 1.56. The molecule has 0 radical (unpaired) electrons. The van der Waals surface area contributed by atoms with Gasteiger partial charge >= 0.3 is 5.97 Å². The van der Waals surface area contributed by atoms with E-state index in [1.54, 1.807) is 26.8 Å². The summed E-state index contributed by atoms with van der Waals surface area (Å²) in [6, 6.07) is 3.36. The quantitative estimate of drug-likeness (QED) is 0.434. The molecule has 0 atom stereocenters. The van der Waals surface area contributed by atoms with Crippen molar-refractivity contribution in [3.63, 3.8) is 0 Å². The van der Waals surface area contributed by atoms with Crippen LogP contribution in [-0.2, 0) is 9.53 Å². The smallest absolute Gasteiger partial charge is 0.341 e. The van der Waals surface area contributed by atoms with Crippen LogP contribution in [0.4, 0.5) is 4.39 Å². The summed E-state index contributed by atoms with van der Waals surface area (Å²) in [6.07, 6.45) is 3.92. The van der Waals surface area contributed by atoms with Gasteiger partial charge < -0.3 is 14.4 Å². The van der Waals surface area contributed by atoms with Crippen molar-refractivity contribution in [1.29, 1.82) is 0 Å². The van der Waals surface area contributed by atoms with Crippen molar-refractivity contribution in [2.75, 3.05) is 26.2 Å². The molecule has 1 aliphatic heterocycles. The summed E-state index contributed by atoms with van der Waals surface area (Å²) >= 11 is 0. The molecule has 0 bridgehead atoms. The van der Waals surface area contributed by atoms with Crippen LogP contribution in [0, 0.1) is 11.7 Å². The topological polar surface area (TPSA) is 59.1 Å². The Morgan fingerprint density at radius 1 is 1.06 bits per heavy atom. The first-order valence-electron chi connectivity index (χ1n) is 13.1. The number of benzene rings is 1. The van der Waals surface area contributed by atoms with Crippen molar-refractivity contribution in [1.82, 2.24) is 9.80 Å². The van der Waals surface area contributed by atoms with Crippen LogP contribution < -0.4 is 4.74 Å². The van der Waals surface area contributed by atoms with E-state index < -0.39 is 17.4 Å². The van der Waals surface area contributed by atoms with Gasteiger partial charge in [-0.3, -0.25) is 9.69 Å². The van der Waals surface area contributed by atoms with E-state index >= 15 is 0 Å². The first-order chi connectivity index (χ1) is 16.4. The molecule has 2 aliphatic rings. The number of amides is 1. The maximum absolute atomic E-state index is 14.8. The zero-order valence-corrected chi connectivity index (χ0v) is 22.5. The van der Waals surface area contributed by atoms with Crippen molar-refractivity contribution in [3.8, 4) is 5.75 Å². The second-order valence-electron chi connectivity index (χ2n) is 11.7.